The Hall–Kier alpha value is 0.180. The van der Waals surface area contributed by atoms with E-state index in [2.05, 4.69) is 52.9 Å². The number of nitrogens with zero attached hydrogens (tertiary/aromatic N) is 1. The zero-order valence-corrected chi connectivity index (χ0v) is 19.3. The fourth-order valence-electron chi connectivity index (χ4n) is 2.16. The third-order valence-electron chi connectivity index (χ3n) is 3.60. The van der Waals surface area contributed by atoms with Gasteiger partial charge in [-0.25, -0.2) is 0 Å². The first-order chi connectivity index (χ1) is 9.34. The molecule has 0 N–H and O–H groups in total. The SMILES string of the molecule is CC1=C(C)C(C)C([N-]c2ccccc2)=C1C.C[Si](C)=[Zr].Cl.Cl. The summed E-state index contributed by atoms with van der Waals surface area (Å²) in [5.74, 6) is 0.459. The van der Waals surface area contributed by atoms with E-state index in [0.717, 1.165) is 5.69 Å². The number of hydrogen-bond donors (Lipinski definition) is 0. The van der Waals surface area contributed by atoms with Crippen molar-refractivity contribution in [3.8, 4) is 0 Å². The molecule has 122 valence electrons. The Morgan fingerprint density at radius 3 is 1.77 bits per heavy atom. The summed E-state index contributed by atoms with van der Waals surface area (Å²) in [6, 6.07) is 10.2. The van der Waals surface area contributed by atoms with Crippen molar-refractivity contribution < 1.29 is 23.3 Å². The third kappa shape index (κ3) is 7.17. The number of benzene rings is 1. The molecule has 0 saturated heterocycles. The van der Waals surface area contributed by atoms with E-state index in [1.807, 2.05) is 18.2 Å². The summed E-state index contributed by atoms with van der Waals surface area (Å²) < 4.78 is 0. The van der Waals surface area contributed by atoms with E-state index < -0.39 is 0 Å². The molecule has 1 aromatic carbocycles. The van der Waals surface area contributed by atoms with Gasteiger partial charge >= 0.3 is 41.9 Å². The smallest absolute Gasteiger partial charge is 0.147 e. The minimum Gasteiger partial charge on any atom is -0.147 e. The normalized spacial score (nSPS) is 16.1. The van der Waals surface area contributed by atoms with Gasteiger partial charge in [0.2, 0.25) is 0 Å². The molecular formula is C17H26Cl2NSiZr-. The molecule has 1 atom stereocenters. The van der Waals surface area contributed by atoms with Gasteiger partial charge in [-0.15, -0.1) is 36.2 Å². The molecule has 2 rings (SSSR count). The van der Waals surface area contributed by atoms with Gasteiger partial charge in [-0.05, 0) is 26.7 Å². The van der Waals surface area contributed by atoms with Crippen molar-refractivity contribution in [2.45, 2.75) is 40.8 Å². The van der Waals surface area contributed by atoms with Gasteiger partial charge in [0, 0.05) is 0 Å². The number of para-hydroxylation sites is 1. The van der Waals surface area contributed by atoms with Gasteiger partial charge in [0.15, 0.2) is 0 Å². The van der Waals surface area contributed by atoms with Gasteiger partial charge in [0.1, 0.15) is 0 Å². The minimum atomic E-state index is 0. The van der Waals surface area contributed by atoms with E-state index in [4.69, 9.17) is 5.32 Å². The number of halogens is 2. The van der Waals surface area contributed by atoms with Gasteiger partial charge in [0.25, 0.3) is 0 Å². The zero-order chi connectivity index (χ0) is 15.3. The first kappa shape index (κ1) is 24.4. The molecule has 0 aromatic heterocycles. The average molecular weight is 435 g/mol. The van der Waals surface area contributed by atoms with Crippen molar-refractivity contribution in [1.82, 2.24) is 0 Å². The van der Waals surface area contributed by atoms with Crippen LogP contribution >= 0.6 is 24.8 Å². The maximum absolute atomic E-state index is 4.76. The molecule has 1 aromatic rings. The molecule has 0 radical (unpaired) electrons. The van der Waals surface area contributed by atoms with Crippen molar-refractivity contribution in [1.29, 1.82) is 0 Å². The Kier molecular flexibility index (Phi) is 13.0. The van der Waals surface area contributed by atoms with Crippen molar-refractivity contribution >= 4 is 35.9 Å². The summed E-state index contributed by atoms with van der Waals surface area (Å²) in [6.07, 6.45) is 0. The van der Waals surface area contributed by atoms with Crippen molar-refractivity contribution in [3.63, 3.8) is 0 Å². The van der Waals surface area contributed by atoms with Gasteiger partial charge in [-0.3, -0.25) is 0 Å². The summed E-state index contributed by atoms with van der Waals surface area (Å²) >= 11 is 1.74. The number of allylic oxidation sites excluding steroid dienone is 3. The second-order valence-electron chi connectivity index (χ2n) is 5.49. The molecule has 5 heteroatoms. The summed E-state index contributed by atoms with van der Waals surface area (Å²) in [4.78, 5) is 0. The number of hydrogen-bond acceptors (Lipinski definition) is 0. The van der Waals surface area contributed by atoms with Crippen LogP contribution in [0.25, 0.3) is 5.32 Å². The van der Waals surface area contributed by atoms with E-state index in [-0.39, 0.29) is 30.2 Å². The van der Waals surface area contributed by atoms with Crippen molar-refractivity contribution in [3.05, 3.63) is 58.1 Å². The molecule has 0 aliphatic heterocycles. The predicted octanol–water partition coefficient (Wildman–Crippen LogP) is 6.58. The Morgan fingerprint density at radius 1 is 0.955 bits per heavy atom. The quantitative estimate of drug-likeness (QED) is 0.467. The van der Waals surface area contributed by atoms with Crippen LogP contribution in [0.5, 0.6) is 0 Å². The third-order valence-corrected chi connectivity index (χ3v) is 3.60. The summed E-state index contributed by atoms with van der Waals surface area (Å²) in [5, 5.41) is 4.76. The monoisotopic (exact) mass is 432 g/mol. The molecule has 22 heavy (non-hydrogen) atoms. The molecule has 1 aliphatic carbocycles. The molecule has 1 unspecified atom stereocenters. The topological polar surface area (TPSA) is 14.1 Å². The van der Waals surface area contributed by atoms with Crippen LogP contribution in [0.2, 0.25) is 13.1 Å². The van der Waals surface area contributed by atoms with Gasteiger partial charge in [-0.2, -0.15) is 0 Å². The largest absolute Gasteiger partial charge is 0.147 e. The maximum Gasteiger partial charge on any atom is -0.147 e. The fraction of sp³-hybridized carbons (Fsp3) is 0.412. The van der Waals surface area contributed by atoms with Crippen LogP contribution in [0.4, 0.5) is 5.69 Å². The number of rotatable bonds is 2. The summed E-state index contributed by atoms with van der Waals surface area (Å²) in [6.45, 7) is 13.4. The standard InChI is InChI=1S/C15H18N.C2H6Si.2ClH.Zr/c1-10-11(2)13(4)15(12(10)3)16-14-8-6-5-7-9-14;1-3-2;;;/h5-9,12H,1-4H3;1-2H3;2*1H;/q-1;;;;. The van der Waals surface area contributed by atoms with E-state index in [9.17, 15) is 0 Å². The Labute approximate surface area is 163 Å². The maximum atomic E-state index is 4.76. The minimum absolute atomic E-state index is 0. The average Bonchev–Trinajstić information content (AvgIpc) is 2.57. The summed E-state index contributed by atoms with van der Waals surface area (Å²) in [5.41, 5.74) is 6.68. The zero-order valence-electron chi connectivity index (χ0n) is 14.2. The van der Waals surface area contributed by atoms with Crippen LogP contribution in [-0.2, 0) is 23.3 Å². The first-order valence-electron chi connectivity index (χ1n) is 7.01. The molecule has 0 spiro atoms. The van der Waals surface area contributed by atoms with E-state index in [0.29, 0.717) is 5.92 Å². The van der Waals surface area contributed by atoms with Gasteiger partial charge in [-0.1, -0.05) is 54.0 Å². The van der Waals surface area contributed by atoms with Crippen LogP contribution in [0.1, 0.15) is 27.7 Å². The van der Waals surface area contributed by atoms with Crippen molar-refractivity contribution in [2.24, 2.45) is 5.92 Å². The second kappa shape index (κ2) is 11.7. The molecule has 0 amide bonds. The molecule has 1 nitrogen and oxygen atoms in total. The van der Waals surface area contributed by atoms with Crippen LogP contribution in [0, 0.1) is 5.92 Å². The fourth-order valence-corrected chi connectivity index (χ4v) is 2.16. The van der Waals surface area contributed by atoms with E-state index >= 15 is 0 Å². The molecule has 1 aliphatic rings. The van der Waals surface area contributed by atoms with Gasteiger partial charge < -0.3 is 5.32 Å². The van der Waals surface area contributed by atoms with E-state index in [1.54, 1.807) is 23.3 Å². The Balaban J connectivity index is 0. The molecule has 0 heterocycles. The van der Waals surface area contributed by atoms with Crippen LogP contribution in [-0.4, -0.2) is 5.43 Å². The van der Waals surface area contributed by atoms with Crippen LogP contribution in [0.3, 0.4) is 0 Å². The Morgan fingerprint density at radius 2 is 1.41 bits per heavy atom. The van der Waals surface area contributed by atoms with Gasteiger partial charge in [0.05, 0.1) is 0 Å². The van der Waals surface area contributed by atoms with E-state index in [1.165, 1.54) is 22.4 Å². The predicted molar refractivity (Wildman–Crippen MR) is 102 cm³/mol. The summed E-state index contributed by atoms with van der Waals surface area (Å²) in [7, 11) is 0. The molecular weight excluding hydrogens is 408 g/mol. The second-order valence-corrected chi connectivity index (χ2v) is 14.9. The van der Waals surface area contributed by atoms with Crippen LogP contribution < -0.4 is 0 Å². The Bertz CT molecular complexity index is 549. The molecule has 0 fully saturated rings. The van der Waals surface area contributed by atoms with Crippen molar-refractivity contribution in [2.75, 3.05) is 0 Å². The first-order valence-corrected chi connectivity index (χ1v) is 13.2. The molecule has 0 bridgehead atoms. The molecule has 0 saturated carbocycles. The van der Waals surface area contributed by atoms with Crippen LogP contribution in [0.15, 0.2) is 52.7 Å².